The van der Waals surface area contributed by atoms with Crippen molar-refractivity contribution < 1.29 is 4.79 Å². The molecular weight excluding hydrogens is 270 g/mol. The molecule has 1 heterocycles. The van der Waals surface area contributed by atoms with Crippen LogP contribution < -0.4 is 11.1 Å². The van der Waals surface area contributed by atoms with Crippen molar-refractivity contribution >= 4 is 22.4 Å². The normalized spacial score (nSPS) is 20.9. The summed E-state index contributed by atoms with van der Waals surface area (Å²) in [6.07, 6.45) is 6.09. The van der Waals surface area contributed by atoms with Crippen molar-refractivity contribution in [3.05, 3.63) is 11.1 Å². The summed E-state index contributed by atoms with van der Waals surface area (Å²) in [5.74, 6) is 5.86. The fraction of sp³-hybridized carbons (Fsp3) is 0.600. The number of carbonyl (C=O) groups excluding carboxylic acids is 1. The van der Waals surface area contributed by atoms with Gasteiger partial charge in [-0.1, -0.05) is 49.9 Å². The molecule has 0 aliphatic heterocycles. The van der Waals surface area contributed by atoms with Gasteiger partial charge in [-0.25, -0.2) is 4.98 Å². The average Bonchev–Trinajstić information content (AvgIpc) is 2.83. The van der Waals surface area contributed by atoms with Gasteiger partial charge in [0.2, 0.25) is 5.91 Å². The van der Waals surface area contributed by atoms with E-state index >= 15 is 0 Å². The Bertz CT molecular complexity index is 539. The molecule has 4 nitrogen and oxygen atoms in total. The zero-order chi connectivity index (χ0) is 14.6. The number of nitrogens with one attached hydrogen (secondary N) is 1. The molecule has 0 saturated heterocycles. The summed E-state index contributed by atoms with van der Waals surface area (Å²) in [4.78, 5) is 17.4. The standard InChI is InChI=1S/C15H21N3OS/c1-15(2)8-4-3-7-12(15)13(19)18-14-17-10-11(20-14)6-5-9-16/h10,12H,3-4,7-9,16H2,1-2H3,(H,17,18,19). The second-order valence-electron chi connectivity index (χ2n) is 5.81. The lowest BCUT2D eigenvalue weighted by molar-refractivity contribution is -0.124. The second kappa shape index (κ2) is 6.38. The van der Waals surface area contributed by atoms with Gasteiger partial charge in [-0.2, -0.15) is 0 Å². The molecule has 1 unspecified atom stereocenters. The van der Waals surface area contributed by atoms with E-state index in [1.165, 1.54) is 17.8 Å². The lowest BCUT2D eigenvalue weighted by atomic mass is 9.68. The van der Waals surface area contributed by atoms with Crippen LogP contribution in [0.2, 0.25) is 0 Å². The molecule has 1 aliphatic rings. The minimum Gasteiger partial charge on any atom is -0.320 e. The van der Waals surface area contributed by atoms with Crippen LogP contribution in [0.1, 0.15) is 44.4 Å². The zero-order valence-corrected chi connectivity index (χ0v) is 12.8. The highest BCUT2D eigenvalue weighted by atomic mass is 32.1. The molecule has 0 aromatic carbocycles. The van der Waals surface area contributed by atoms with E-state index in [1.807, 2.05) is 0 Å². The summed E-state index contributed by atoms with van der Waals surface area (Å²) >= 11 is 1.39. The predicted molar refractivity (Wildman–Crippen MR) is 82.4 cm³/mol. The van der Waals surface area contributed by atoms with Crippen LogP contribution in [0.15, 0.2) is 6.20 Å². The fourth-order valence-electron chi connectivity index (χ4n) is 2.70. The summed E-state index contributed by atoms with van der Waals surface area (Å²) in [5.41, 5.74) is 5.40. The van der Waals surface area contributed by atoms with Gasteiger partial charge in [0, 0.05) is 5.92 Å². The van der Waals surface area contributed by atoms with Crippen LogP contribution in [-0.2, 0) is 4.79 Å². The number of hydrogen-bond donors (Lipinski definition) is 2. The third-order valence-corrected chi connectivity index (χ3v) is 4.70. The van der Waals surface area contributed by atoms with Gasteiger partial charge in [-0.3, -0.25) is 4.79 Å². The van der Waals surface area contributed by atoms with Crippen LogP contribution in [0.25, 0.3) is 0 Å². The van der Waals surface area contributed by atoms with E-state index in [9.17, 15) is 4.79 Å². The Morgan fingerprint density at radius 2 is 2.40 bits per heavy atom. The number of rotatable bonds is 2. The number of nitrogens with zero attached hydrogens (tertiary/aromatic N) is 1. The first kappa shape index (κ1) is 15.0. The van der Waals surface area contributed by atoms with Gasteiger partial charge in [-0.05, 0) is 18.3 Å². The first-order valence-corrected chi connectivity index (χ1v) is 7.80. The summed E-state index contributed by atoms with van der Waals surface area (Å²) in [6.45, 7) is 4.68. The molecule has 1 amide bonds. The van der Waals surface area contributed by atoms with Gasteiger partial charge < -0.3 is 11.1 Å². The lowest BCUT2D eigenvalue weighted by Crippen LogP contribution is -2.37. The molecule has 0 bridgehead atoms. The smallest absolute Gasteiger partial charge is 0.229 e. The minimum atomic E-state index is 0.0683. The minimum absolute atomic E-state index is 0.0683. The van der Waals surface area contributed by atoms with Crippen LogP contribution in [-0.4, -0.2) is 17.4 Å². The monoisotopic (exact) mass is 291 g/mol. The molecule has 108 valence electrons. The Balaban J connectivity index is 2.02. The molecule has 1 aromatic heterocycles. The van der Waals surface area contributed by atoms with Crippen LogP contribution in [0.4, 0.5) is 5.13 Å². The second-order valence-corrected chi connectivity index (χ2v) is 6.84. The van der Waals surface area contributed by atoms with Crippen molar-refractivity contribution in [2.24, 2.45) is 17.1 Å². The maximum atomic E-state index is 12.4. The van der Waals surface area contributed by atoms with E-state index in [1.54, 1.807) is 6.20 Å². The quantitative estimate of drug-likeness (QED) is 0.823. The van der Waals surface area contributed by atoms with Crippen LogP contribution in [0.3, 0.4) is 0 Å². The zero-order valence-electron chi connectivity index (χ0n) is 12.0. The van der Waals surface area contributed by atoms with E-state index in [2.05, 4.69) is 36.0 Å². The molecular formula is C15H21N3OS. The lowest BCUT2D eigenvalue weighted by Gasteiger charge is -2.37. The number of amides is 1. The van der Waals surface area contributed by atoms with Gasteiger partial charge in [0.15, 0.2) is 5.13 Å². The number of hydrogen-bond acceptors (Lipinski definition) is 4. The third kappa shape index (κ3) is 3.59. The average molecular weight is 291 g/mol. The first-order chi connectivity index (χ1) is 9.53. The number of carbonyl (C=O) groups is 1. The Labute approximate surface area is 124 Å². The Hall–Kier alpha value is -1.38. The molecule has 1 aliphatic carbocycles. The van der Waals surface area contributed by atoms with E-state index < -0.39 is 0 Å². The topological polar surface area (TPSA) is 68.0 Å². The number of thiazole rings is 1. The Morgan fingerprint density at radius 3 is 3.10 bits per heavy atom. The number of anilines is 1. The molecule has 1 atom stereocenters. The molecule has 1 saturated carbocycles. The molecule has 0 spiro atoms. The van der Waals surface area contributed by atoms with E-state index in [0.29, 0.717) is 11.7 Å². The summed E-state index contributed by atoms with van der Waals surface area (Å²) in [5, 5.41) is 3.56. The van der Waals surface area contributed by atoms with Gasteiger partial charge in [0.05, 0.1) is 17.6 Å². The van der Waals surface area contributed by atoms with Gasteiger partial charge in [-0.15, -0.1) is 0 Å². The van der Waals surface area contributed by atoms with Crippen molar-refractivity contribution in [1.82, 2.24) is 4.98 Å². The van der Waals surface area contributed by atoms with Crippen molar-refractivity contribution in [3.63, 3.8) is 0 Å². The molecule has 1 aromatic rings. The van der Waals surface area contributed by atoms with Crippen molar-refractivity contribution in [2.45, 2.75) is 39.5 Å². The highest BCUT2D eigenvalue weighted by molar-refractivity contribution is 7.16. The molecule has 3 N–H and O–H groups in total. The van der Waals surface area contributed by atoms with Crippen molar-refractivity contribution in [2.75, 3.05) is 11.9 Å². The van der Waals surface area contributed by atoms with Gasteiger partial charge in [0.1, 0.15) is 0 Å². The molecule has 20 heavy (non-hydrogen) atoms. The van der Waals surface area contributed by atoms with E-state index in [0.717, 1.165) is 24.1 Å². The molecule has 1 fully saturated rings. The van der Waals surface area contributed by atoms with Gasteiger partial charge in [0.25, 0.3) is 0 Å². The summed E-state index contributed by atoms with van der Waals surface area (Å²) in [6, 6.07) is 0. The fourth-order valence-corrected chi connectivity index (χ4v) is 3.39. The van der Waals surface area contributed by atoms with Crippen molar-refractivity contribution in [3.8, 4) is 11.8 Å². The van der Waals surface area contributed by atoms with E-state index in [-0.39, 0.29) is 17.2 Å². The Kier molecular flexibility index (Phi) is 4.79. The highest BCUT2D eigenvalue weighted by Gasteiger charge is 2.37. The maximum absolute atomic E-state index is 12.4. The maximum Gasteiger partial charge on any atom is 0.229 e. The van der Waals surface area contributed by atoms with E-state index in [4.69, 9.17) is 5.73 Å². The SMILES string of the molecule is CC1(C)CCCCC1C(=O)Nc1ncc(C#CCN)s1. The van der Waals surface area contributed by atoms with Crippen LogP contribution in [0, 0.1) is 23.2 Å². The largest absolute Gasteiger partial charge is 0.320 e. The van der Waals surface area contributed by atoms with Crippen molar-refractivity contribution in [1.29, 1.82) is 0 Å². The summed E-state index contributed by atoms with van der Waals surface area (Å²) < 4.78 is 0. The van der Waals surface area contributed by atoms with Gasteiger partial charge >= 0.3 is 0 Å². The first-order valence-electron chi connectivity index (χ1n) is 6.98. The molecule has 0 radical (unpaired) electrons. The number of nitrogens with two attached hydrogens (primary N) is 1. The predicted octanol–water partition coefficient (Wildman–Crippen LogP) is 2.61. The molecule has 5 heteroatoms. The van der Waals surface area contributed by atoms with Crippen LogP contribution in [0.5, 0.6) is 0 Å². The Morgan fingerprint density at radius 1 is 1.60 bits per heavy atom. The van der Waals surface area contributed by atoms with Crippen LogP contribution >= 0.6 is 11.3 Å². The third-order valence-electron chi connectivity index (χ3n) is 3.87. The molecule has 2 rings (SSSR count). The number of aromatic nitrogens is 1. The summed E-state index contributed by atoms with van der Waals surface area (Å²) in [7, 11) is 0. The highest BCUT2D eigenvalue weighted by Crippen LogP contribution is 2.41.